The van der Waals surface area contributed by atoms with Gasteiger partial charge in [0.05, 0.1) is 23.5 Å². The maximum atomic E-state index is 12.4. The molecule has 0 bridgehead atoms. The summed E-state index contributed by atoms with van der Waals surface area (Å²) >= 11 is 0.914. The number of anilines is 2. The number of amides is 2. The lowest BCUT2D eigenvalue weighted by Gasteiger charge is -2.10. The number of nitrogens with zero attached hydrogens (tertiary/aromatic N) is 2. The normalized spacial score (nSPS) is 14.0. The van der Waals surface area contributed by atoms with E-state index in [0.29, 0.717) is 12.8 Å². The molecule has 3 aromatic carbocycles. The van der Waals surface area contributed by atoms with Crippen LogP contribution in [-0.4, -0.2) is 24.3 Å². The SMILES string of the molecule is Cc1cccc(C)c1NC(=O)NSN=Cc1ccc(N/N=C2/CCc3cc(OC(F)(F)F)ccc32)cc1. The number of aryl methyl sites for hydroxylation is 3. The Bertz CT molecular complexity index is 1320. The van der Waals surface area contributed by atoms with Crippen LogP contribution in [0.1, 0.15) is 34.2 Å². The van der Waals surface area contributed by atoms with Crippen molar-refractivity contribution in [2.24, 2.45) is 9.50 Å². The molecule has 192 valence electrons. The summed E-state index contributed by atoms with van der Waals surface area (Å²) < 4.78 is 48.1. The van der Waals surface area contributed by atoms with E-state index >= 15 is 0 Å². The number of carbonyl (C=O) groups is 1. The third kappa shape index (κ3) is 7.26. The van der Waals surface area contributed by atoms with E-state index in [9.17, 15) is 18.0 Å². The van der Waals surface area contributed by atoms with Gasteiger partial charge in [0, 0.05) is 17.5 Å². The number of fused-ring (bicyclic) bond motifs is 1. The second kappa shape index (κ2) is 11.4. The van der Waals surface area contributed by atoms with Crippen molar-refractivity contribution in [1.29, 1.82) is 0 Å². The van der Waals surface area contributed by atoms with Crippen molar-refractivity contribution in [3.63, 3.8) is 0 Å². The third-order valence-corrected chi connectivity index (χ3v) is 6.08. The molecular formula is C26H24F3N5O2S. The standard InChI is InChI=1S/C26H24F3N5O2S/c1-16-4-3-5-17(2)24(16)31-25(35)34-37-30-15-18-6-9-20(10-7-18)32-33-23-13-8-19-14-21(11-12-22(19)23)36-26(27,28)29/h3-7,9-12,14-15,32H,8,13H2,1-2H3,(H2,31,34,35)/b30-15?,33-23-. The van der Waals surface area contributed by atoms with Crippen molar-refractivity contribution in [2.45, 2.75) is 33.1 Å². The molecule has 0 saturated heterocycles. The molecule has 1 aliphatic carbocycles. The van der Waals surface area contributed by atoms with Gasteiger partial charge in [-0.1, -0.05) is 30.3 Å². The summed E-state index contributed by atoms with van der Waals surface area (Å²) in [4.78, 5) is 12.1. The first kappa shape index (κ1) is 26.1. The van der Waals surface area contributed by atoms with E-state index < -0.39 is 6.36 Å². The highest BCUT2D eigenvalue weighted by Gasteiger charge is 2.31. The van der Waals surface area contributed by atoms with Crippen molar-refractivity contribution >= 4 is 41.5 Å². The quantitative estimate of drug-likeness (QED) is 0.180. The average molecular weight is 528 g/mol. The highest BCUT2D eigenvalue weighted by molar-refractivity contribution is 7.96. The zero-order valence-corrected chi connectivity index (χ0v) is 20.8. The number of halogens is 3. The number of para-hydroxylation sites is 1. The summed E-state index contributed by atoms with van der Waals surface area (Å²) in [7, 11) is 0. The zero-order chi connectivity index (χ0) is 26.4. The van der Waals surface area contributed by atoms with Gasteiger partial charge < -0.3 is 10.1 Å². The monoisotopic (exact) mass is 527 g/mol. The number of hydrogen-bond acceptors (Lipinski definition) is 6. The lowest BCUT2D eigenvalue weighted by atomic mass is 10.1. The van der Waals surface area contributed by atoms with E-state index in [2.05, 4.69) is 29.7 Å². The van der Waals surface area contributed by atoms with Crippen molar-refractivity contribution in [1.82, 2.24) is 4.72 Å². The fourth-order valence-corrected chi connectivity index (χ4v) is 4.20. The predicted octanol–water partition coefficient (Wildman–Crippen LogP) is 6.77. The first-order valence-corrected chi connectivity index (χ1v) is 12.1. The van der Waals surface area contributed by atoms with Gasteiger partial charge in [0.2, 0.25) is 0 Å². The lowest BCUT2D eigenvalue weighted by Crippen LogP contribution is -2.23. The molecule has 4 rings (SSSR count). The van der Waals surface area contributed by atoms with Crippen molar-refractivity contribution < 1.29 is 22.7 Å². The number of rotatable bonds is 7. The van der Waals surface area contributed by atoms with Gasteiger partial charge in [-0.05, 0) is 79.3 Å². The van der Waals surface area contributed by atoms with Gasteiger partial charge in [0.25, 0.3) is 0 Å². The highest BCUT2D eigenvalue weighted by Crippen LogP contribution is 2.30. The largest absolute Gasteiger partial charge is 0.573 e. The molecule has 3 N–H and O–H groups in total. The topological polar surface area (TPSA) is 87.1 Å². The Morgan fingerprint density at radius 2 is 1.76 bits per heavy atom. The molecule has 37 heavy (non-hydrogen) atoms. The Hall–Kier alpha value is -3.99. The van der Waals surface area contributed by atoms with Crippen LogP contribution >= 0.6 is 12.1 Å². The minimum atomic E-state index is -4.72. The van der Waals surface area contributed by atoms with Gasteiger partial charge in [-0.25, -0.2) is 9.19 Å². The Labute approximate surface area is 216 Å². The number of urea groups is 1. The summed E-state index contributed by atoms with van der Waals surface area (Å²) in [6, 6.07) is 17.0. The molecule has 0 heterocycles. The minimum Gasteiger partial charge on any atom is -0.406 e. The molecule has 0 spiro atoms. The number of carbonyl (C=O) groups excluding carboxylic acids is 1. The molecule has 0 aromatic heterocycles. The number of hydrogen-bond donors (Lipinski definition) is 3. The van der Waals surface area contributed by atoms with Crippen LogP contribution < -0.4 is 20.2 Å². The Balaban J connectivity index is 1.27. The van der Waals surface area contributed by atoms with Crippen LogP contribution in [0.5, 0.6) is 5.75 Å². The van der Waals surface area contributed by atoms with Gasteiger partial charge in [-0.2, -0.15) is 5.10 Å². The summed E-state index contributed by atoms with van der Waals surface area (Å²) in [6.07, 6.45) is -1.89. The molecule has 0 saturated carbocycles. The number of alkyl halides is 3. The molecular weight excluding hydrogens is 503 g/mol. The minimum absolute atomic E-state index is 0.229. The summed E-state index contributed by atoms with van der Waals surface area (Å²) in [6.45, 7) is 3.86. The van der Waals surface area contributed by atoms with Crippen LogP contribution in [0, 0.1) is 13.8 Å². The van der Waals surface area contributed by atoms with Crippen molar-refractivity contribution in [3.05, 3.63) is 88.5 Å². The molecule has 0 aliphatic heterocycles. The van der Waals surface area contributed by atoms with Gasteiger partial charge in [0.15, 0.2) is 0 Å². The van der Waals surface area contributed by atoms with Gasteiger partial charge >= 0.3 is 12.4 Å². The van der Waals surface area contributed by atoms with Crippen LogP contribution in [0.4, 0.5) is 29.3 Å². The fourth-order valence-electron chi connectivity index (χ4n) is 3.84. The molecule has 11 heteroatoms. The van der Waals surface area contributed by atoms with Crippen molar-refractivity contribution in [3.8, 4) is 5.75 Å². The zero-order valence-electron chi connectivity index (χ0n) is 20.0. The molecule has 0 unspecified atom stereocenters. The van der Waals surface area contributed by atoms with Crippen LogP contribution in [0.15, 0.2) is 70.2 Å². The van der Waals surface area contributed by atoms with E-state index in [1.54, 1.807) is 12.3 Å². The highest BCUT2D eigenvalue weighted by atomic mass is 32.2. The first-order chi connectivity index (χ1) is 17.7. The van der Waals surface area contributed by atoms with Crippen LogP contribution in [0.3, 0.4) is 0 Å². The molecule has 7 nitrogen and oxygen atoms in total. The predicted molar refractivity (Wildman–Crippen MR) is 141 cm³/mol. The lowest BCUT2D eigenvalue weighted by molar-refractivity contribution is -0.274. The molecule has 2 amide bonds. The van der Waals surface area contributed by atoms with Crippen molar-refractivity contribution in [2.75, 3.05) is 10.7 Å². The van der Waals surface area contributed by atoms with E-state index in [0.717, 1.165) is 57.0 Å². The second-order valence-electron chi connectivity index (χ2n) is 8.31. The molecule has 0 radical (unpaired) electrons. The number of benzene rings is 3. The Morgan fingerprint density at radius 1 is 1.03 bits per heavy atom. The summed E-state index contributed by atoms with van der Waals surface area (Å²) in [5.74, 6) is -0.229. The molecule has 0 fully saturated rings. The van der Waals surface area contributed by atoms with E-state index in [1.165, 1.54) is 12.1 Å². The molecule has 3 aromatic rings. The van der Waals surface area contributed by atoms with Gasteiger partial charge in [-0.15, -0.1) is 13.2 Å². The number of nitrogens with one attached hydrogen (secondary N) is 3. The second-order valence-corrected chi connectivity index (χ2v) is 8.91. The van der Waals surface area contributed by atoms with Crippen LogP contribution in [-0.2, 0) is 6.42 Å². The van der Waals surface area contributed by atoms with E-state index in [4.69, 9.17) is 0 Å². The molecule has 0 atom stereocenters. The maximum absolute atomic E-state index is 12.4. The van der Waals surface area contributed by atoms with Gasteiger partial charge in [-0.3, -0.25) is 10.1 Å². The summed E-state index contributed by atoms with van der Waals surface area (Å²) in [5, 5.41) is 7.24. The smallest absolute Gasteiger partial charge is 0.406 e. The third-order valence-electron chi connectivity index (χ3n) is 5.60. The number of ether oxygens (including phenoxy) is 1. The van der Waals surface area contributed by atoms with Crippen LogP contribution in [0.2, 0.25) is 0 Å². The maximum Gasteiger partial charge on any atom is 0.573 e. The number of hydrazone groups is 1. The average Bonchev–Trinajstić information content (AvgIpc) is 3.25. The fraction of sp³-hybridized carbons (Fsp3) is 0.192. The van der Waals surface area contributed by atoms with Crippen LogP contribution in [0.25, 0.3) is 0 Å². The summed E-state index contributed by atoms with van der Waals surface area (Å²) in [5.41, 5.74) is 9.61. The first-order valence-electron chi connectivity index (χ1n) is 11.3. The van der Waals surface area contributed by atoms with Gasteiger partial charge in [0.1, 0.15) is 5.75 Å². The van der Waals surface area contributed by atoms with E-state index in [1.807, 2.05) is 56.3 Å². The Kier molecular flexibility index (Phi) is 8.02. The molecule has 1 aliphatic rings. The Morgan fingerprint density at radius 3 is 2.46 bits per heavy atom. The van der Waals surface area contributed by atoms with E-state index in [-0.39, 0.29) is 11.8 Å².